The number of esters is 1. The van der Waals surface area contributed by atoms with Crippen molar-refractivity contribution in [1.82, 2.24) is 5.32 Å². The summed E-state index contributed by atoms with van der Waals surface area (Å²) in [5.74, 6) is -4.72. The number of hydrogen-bond acceptors (Lipinski definition) is 4. The van der Waals surface area contributed by atoms with Crippen LogP contribution in [0.15, 0.2) is 12.1 Å². The van der Waals surface area contributed by atoms with E-state index in [-0.39, 0.29) is 12.5 Å². The molecule has 9 heteroatoms. The van der Waals surface area contributed by atoms with Crippen molar-refractivity contribution in [2.45, 2.75) is 38.5 Å². The highest BCUT2D eigenvalue weighted by molar-refractivity contribution is 5.93. The molecule has 1 aromatic carbocycles. The molecular weight excluding hydrogens is 401 g/mol. The molecule has 162 valence electrons. The van der Waals surface area contributed by atoms with Gasteiger partial charge in [-0.05, 0) is 68.4 Å². The van der Waals surface area contributed by atoms with Crippen molar-refractivity contribution in [3.8, 4) is 0 Å². The van der Waals surface area contributed by atoms with Crippen LogP contribution in [0.25, 0.3) is 0 Å². The van der Waals surface area contributed by atoms with Crippen LogP contribution in [0.1, 0.15) is 38.5 Å². The molecule has 0 radical (unpaired) electrons. The molecule has 4 saturated carbocycles. The number of nitrogens with one attached hydrogen (secondary N) is 2. The summed E-state index contributed by atoms with van der Waals surface area (Å²) in [5.41, 5.74) is -0.957. The maximum atomic E-state index is 13.6. The summed E-state index contributed by atoms with van der Waals surface area (Å²) in [7, 11) is 0. The molecule has 0 unspecified atom stereocenters. The van der Waals surface area contributed by atoms with Gasteiger partial charge in [0.2, 0.25) is 5.91 Å². The van der Waals surface area contributed by atoms with E-state index in [1.807, 2.05) is 5.32 Å². The summed E-state index contributed by atoms with van der Waals surface area (Å²) in [4.78, 5) is 36.4. The van der Waals surface area contributed by atoms with Crippen LogP contribution in [0.2, 0.25) is 0 Å². The maximum Gasteiger partial charge on any atom is 0.325 e. The number of anilines is 1. The largest absolute Gasteiger partial charge is 0.454 e. The van der Waals surface area contributed by atoms with E-state index in [0.29, 0.717) is 23.8 Å². The van der Waals surface area contributed by atoms with Gasteiger partial charge in [-0.25, -0.2) is 13.2 Å². The Hall–Kier alpha value is -2.58. The molecule has 2 N–H and O–H groups in total. The average molecular weight is 424 g/mol. The van der Waals surface area contributed by atoms with Gasteiger partial charge in [0.15, 0.2) is 24.1 Å². The van der Waals surface area contributed by atoms with E-state index in [4.69, 9.17) is 4.74 Å². The lowest BCUT2D eigenvalue weighted by atomic mass is 9.49. The normalized spacial score (nSPS) is 28.8. The van der Waals surface area contributed by atoms with Gasteiger partial charge in [0.25, 0.3) is 5.91 Å². The minimum Gasteiger partial charge on any atom is -0.454 e. The molecule has 4 aliphatic carbocycles. The second-order valence-electron chi connectivity index (χ2n) is 8.81. The van der Waals surface area contributed by atoms with Crippen LogP contribution >= 0.6 is 0 Å². The molecular formula is C21H23F3N2O4. The fourth-order valence-corrected chi connectivity index (χ4v) is 5.73. The SMILES string of the molecule is O=C(COC(=O)CNC(=O)C12CC3CC(CC(C3)C1)C2)Nc1ccc(F)c(F)c1F. The number of halogens is 3. The predicted molar refractivity (Wildman–Crippen MR) is 99.5 cm³/mol. The van der Waals surface area contributed by atoms with Gasteiger partial charge in [-0.2, -0.15) is 0 Å². The third-order valence-electron chi connectivity index (χ3n) is 6.59. The molecule has 6 nitrogen and oxygen atoms in total. The quantitative estimate of drug-likeness (QED) is 0.543. The van der Waals surface area contributed by atoms with Crippen LogP contribution < -0.4 is 10.6 Å². The third-order valence-corrected chi connectivity index (χ3v) is 6.59. The number of rotatable bonds is 6. The van der Waals surface area contributed by atoms with Crippen molar-refractivity contribution in [3.63, 3.8) is 0 Å². The number of carbonyl (C=O) groups is 3. The molecule has 30 heavy (non-hydrogen) atoms. The Balaban J connectivity index is 1.23. The number of carbonyl (C=O) groups excluding carboxylic acids is 3. The molecule has 5 rings (SSSR count). The van der Waals surface area contributed by atoms with Crippen molar-refractivity contribution >= 4 is 23.5 Å². The van der Waals surface area contributed by atoms with Gasteiger partial charge in [-0.15, -0.1) is 0 Å². The van der Waals surface area contributed by atoms with Gasteiger partial charge in [-0.1, -0.05) is 0 Å². The summed E-state index contributed by atoms with van der Waals surface area (Å²) >= 11 is 0. The molecule has 4 bridgehead atoms. The average Bonchev–Trinajstić information content (AvgIpc) is 2.70. The van der Waals surface area contributed by atoms with Crippen LogP contribution in [0.4, 0.5) is 18.9 Å². The van der Waals surface area contributed by atoms with E-state index in [0.717, 1.165) is 25.3 Å². The zero-order valence-electron chi connectivity index (χ0n) is 16.3. The highest BCUT2D eigenvalue weighted by atomic mass is 19.2. The minimum atomic E-state index is -1.71. The van der Waals surface area contributed by atoms with Gasteiger partial charge >= 0.3 is 5.97 Å². The molecule has 4 fully saturated rings. The zero-order chi connectivity index (χ0) is 21.5. The van der Waals surface area contributed by atoms with Crippen LogP contribution in [-0.2, 0) is 19.1 Å². The monoisotopic (exact) mass is 424 g/mol. The fourth-order valence-electron chi connectivity index (χ4n) is 5.73. The smallest absolute Gasteiger partial charge is 0.325 e. The molecule has 4 aliphatic rings. The number of ether oxygens (including phenoxy) is 1. The van der Waals surface area contributed by atoms with Crippen molar-refractivity contribution in [3.05, 3.63) is 29.6 Å². The second-order valence-corrected chi connectivity index (χ2v) is 8.81. The van der Waals surface area contributed by atoms with E-state index < -0.39 is 47.0 Å². The van der Waals surface area contributed by atoms with Crippen LogP contribution in [0.5, 0.6) is 0 Å². The Morgan fingerprint density at radius 2 is 1.57 bits per heavy atom. The Labute approximate surface area is 171 Å². The van der Waals surface area contributed by atoms with E-state index in [1.165, 1.54) is 19.3 Å². The first kappa shape index (κ1) is 20.7. The van der Waals surface area contributed by atoms with E-state index >= 15 is 0 Å². The zero-order valence-corrected chi connectivity index (χ0v) is 16.3. The maximum absolute atomic E-state index is 13.6. The Morgan fingerprint density at radius 1 is 0.967 bits per heavy atom. The van der Waals surface area contributed by atoms with Crippen LogP contribution in [-0.4, -0.2) is 30.9 Å². The molecule has 0 aromatic heterocycles. The molecule has 0 aliphatic heterocycles. The summed E-state index contributed by atoms with van der Waals surface area (Å²) in [6, 6.07) is 1.53. The van der Waals surface area contributed by atoms with Crippen molar-refractivity contribution in [2.24, 2.45) is 23.2 Å². The standard InChI is InChI=1S/C21H23F3N2O4/c22-14-1-2-15(19(24)18(14)23)26-16(27)10-30-17(28)9-25-20(29)21-6-11-3-12(7-21)5-13(4-11)8-21/h1-2,11-13H,3-10H2,(H,25,29)(H,26,27). The number of hydrogen-bond donors (Lipinski definition) is 2. The first-order valence-electron chi connectivity index (χ1n) is 10.1. The Morgan fingerprint density at radius 3 is 2.17 bits per heavy atom. The van der Waals surface area contributed by atoms with Crippen LogP contribution in [0.3, 0.4) is 0 Å². The van der Waals surface area contributed by atoms with E-state index in [9.17, 15) is 27.6 Å². The molecule has 0 saturated heterocycles. The third kappa shape index (κ3) is 4.02. The molecule has 0 atom stereocenters. The fraction of sp³-hybridized carbons (Fsp3) is 0.571. The minimum absolute atomic E-state index is 0.133. The lowest BCUT2D eigenvalue weighted by molar-refractivity contribution is -0.152. The van der Waals surface area contributed by atoms with Crippen molar-refractivity contribution in [1.29, 1.82) is 0 Å². The number of benzene rings is 1. The highest BCUT2D eigenvalue weighted by Crippen LogP contribution is 2.60. The predicted octanol–water partition coefficient (Wildman–Crippen LogP) is 2.92. The summed E-state index contributed by atoms with van der Waals surface area (Å²) < 4.78 is 44.4. The van der Waals surface area contributed by atoms with Gasteiger partial charge in [0.05, 0.1) is 5.69 Å². The van der Waals surface area contributed by atoms with E-state index in [2.05, 4.69) is 5.32 Å². The topological polar surface area (TPSA) is 84.5 Å². The molecule has 2 amide bonds. The number of amides is 2. The van der Waals surface area contributed by atoms with Crippen molar-refractivity contribution in [2.75, 3.05) is 18.5 Å². The summed E-state index contributed by atoms with van der Waals surface area (Å²) in [6.45, 7) is -1.11. The Kier molecular flexibility index (Phi) is 5.46. The van der Waals surface area contributed by atoms with Crippen LogP contribution in [0, 0.1) is 40.6 Å². The summed E-state index contributed by atoms with van der Waals surface area (Å²) in [5, 5.41) is 4.64. The first-order chi connectivity index (χ1) is 14.3. The van der Waals surface area contributed by atoms with E-state index in [1.54, 1.807) is 0 Å². The lowest BCUT2D eigenvalue weighted by Gasteiger charge is -2.55. The molecule has 0 spiro atoms. The van der Waals surface area contributed by atoms with Gasteiger partial charge in [0, 0.05) is 5.41 Å². The lowest BCUT2D eigenvalue weighted by Crippen LogP contribution is -2.54. The first-order valence-corrected chi connectivity index (χ1v) is 10.1. The van der Waals surface area contributed by atoms with Crippen molar-refractivity contribution < 1.29 is 32.3 Å². The second kappa shape index (κ2) is 7.92. The highest BCUT2D eigenvalue weighted by Gasteiger charge is 2.54. The van der Waals surface area contributed by atoms with Gasteiger partial charge in [-0.3, -0.25) is 14.4 Å². The van der Waals surface area contributed by atoms with Gasteiger partial charge in [0.1, 0.15) is 6.54 Å². The summed E-state index contributed by atoms with van der Waals surface area (Å²) in [6.07, 6.45) is 6.18. The molecule has 1 aromatic rings. The molecule has 0 heterocycles. The van der Waals surface area contributed by atoms with Gasteiger partial charge < -0.3 is 15.4 Å². The Bertz CT molecular complexity index is 854.